The predicted molar refractivity (Wildman–Crippen MR) is 111 cm³/mol. The fraction of sp³-hybridized carbons (Fsp3) is 0.300. The van der Waals surface area contributed by atoms with Gasteiger partial charge in [-0.25, -0.2) is 4.98 Å². The standard InChI is InChI=1S/C20H20N4O4S/c1-12(19(25)21-13-7-8-13)29-20-22-15-11-14(24(26)27)9-10-16(15)23(20)17-5-3-4-6-18(17)28-2/h3-6,9-13H,7-8H2,1-2H3,(H,21,25)/t12-/m1/s1. The summed E-state index contributed by atoms with van der Waals surface area (Å²) in [7, 11) is 1.58. The van der Waals surface area contributed by atoms with Crippen LogP contribution in [0.4, 0.5) is 5.69 Å². The highest BCUT2D eigenvalue weighted by Gasteiger charge is 2.28. The van der Waals surface area contributed by atoms with Gasteiger partial charge in [0, 0.05) is 18.2 Å². The number of para-hydroxylation sites is 2. The highest BCUT2D eigenvalue weighted by atomic mass is 32.2. The third-order valence-corrected chi connectivity index (χ3v) is 5.77. The Bertz CT molecular complexity index is 1090. The maximum absolute atomic E-state index is 12.4. The summed E-state index contributed by atoms with van der Waals surface area (Å²) in [4.78, 5) is 27.8. The van der Waals surface area contributed by atoms with Gasteiger partial charge < -0.3 is 10.1 Å². The second-order valence-corrected chi connectivity index (χ2v) is 8.18. The van der Waals surface area contributed by atoms with E-state index in [1.807, 2.05) is 35.8 Å². The molecule has 150 valence electrons. The number of nitrogens with one attached hydrogen (secondary N) is 1. The fourth-order valence-electron chi connectivity index (χ4n) is 3.04. The highest BCUT2D eigenvalue weighted by Crippen LogP contribution is 2.35. The van der Waals surface area contributed by atoms with E-state index < -0.39 is 4.92 Å². The molecule has 0 spiro atoms. The quantitative estimate of drug-likeness (QED) is 0.361. The molecule has 1 fully saturated rings. The molecule has 0 saturated heterocycles. The number of rotatable bonds is 7. The van der Waals surface area contributed by atoms with Gasteiger partial charge in [-0.2, -0.15) is 0 Å². The molecule has 1 amide bonds. The molecule has 9 heteroatoms. The van der Waals surface area contributed by atoms with E-state index in [1.165, 1.54) is 23.9 Å². The largest absolute Gasteiger partial charge is 0.495 e. The molecule has 0 unspecified atom stereocenters. The second-order valence-electron chi connectivity index (χ2n) is 6.87. The van der Waals surface area contributed by atoms with Crippen molar-refractivity contribution in [3.05, 3.63) is 52.6 Å². The van der Waals surface area contributed by atoms with Gasteiger partial charge in [-0.15, -0.1) is 0 Å². The van der Waals surface area contributed by atoms with Crippen molar-refractivity contribution >= 4 is 34.4 Å². The number of thioether (sulfide) groups is 1. The van der Waals surface area contributed by atoms with E-state index in [-0.39, 0.29) is 22.9 Å². The van der Waals surface area contributed by atoms with Gasteiger partial charge in [0.05, 0.1) is 34.0 Å². The van der Waals surface area contributed by atoms with Crippen molar-refractivity contribution < 1.29 is 14.5 Å². The number of nitrogens with zero attached hydrogens (tertiary/aromatic N) is 3. The number of fused-ring (bicyclic) bond motifs is 1. The summed E-state index contributed by atoms with van der Waals surface area (Å²) < 4.78 is 7.38. The first-order valence-electron chi connectivity index (χ1n) is 9.25. The Balaban J connectivity index is 1.80. The van der Waals surface area contributed by atoms with Crippen molar-refractivity contribution in [2.45, 2.75) is 36.2 Å². The van der Waals surface area contributed by atoms with E-state index in [4.69, 9.17) is 4.74 Å². The SMILES string of the molecule is COc1ccccc1-n1c(S[C@H](C)C(=O)NC2CC2)nc2cc([N+](=O)[O-])ccc21. The third kappa shape index (κ3) is 3.91. The van der Waals surface area contributed by atoms with Gasteiger partial charge in [-0.1, -0.05) is 23.9 Å². The first kappa shape index (κ1) is 19.3. The van der Waals surface area contributed by atoms with Crippen LogP contribution in [0.1, 0.15) is 19.8 Å². The van der Waals surface area contributed by atoms with Crippen LogP contribution in [0.15, 0.2) is 47.6 Å². The number of hydrogen-bond acceptors (Lipinski definition) is 6. The minimum absolute atomic E-state index is 0.0294. The Morgan fingerprint density at radius 2 is 2.10 bits per heavy atom. The van der Waals surface area contributed by atoms with Crippen molar-refractivity contribution in [2.75, 3.05) is 7.11 Å². The number of non-ortho nitro benzene ring substituents is 1. The number of nitro benzene ring substituents is 1. The van der Waals surface area contributed by atoms with Gasteiger partial charge in [0.2, 0.25) is 5.91 Å². The van der Waals surface area contributed by atoms with Gasteiger partial charge >= 0.3 is 0 Å². The lowest BCUT2D eigenvalue weighted by atomic mass is 10.2. The Hall–Kier alpha value is -3.07. The second kappa shape index (κ2) is 7.75. The van der Waals surface area contributed by atoms with Crippen molar-refractivity contribution in [1.29, 1.82) is 0 Å². The molecule has 1 N–H and O–H groups in total. The molecule has 3 aromatic rings. The zero-order valence-corrected chi connectivity index (χ0v) is 16.8. The molecule has 0 bridgehead atoms. The average molecular weight is 412 g/mol. The Morgan fingerprint density at radius 3 is 2.79 bits per heavy atom. The average Bonchev–Trinajstić information content (AvgIpc) is 3.46. The molecule has 1 aromatic heterocycles. The van der Waals surface area contributed by atoms with Crippen molar-refractivity contribution in [1.82, 2.24) is 14.9 Å². The van der Waals surface area contributed by atoms with Crippen molar-refractivity contribution in [2.24, 2.45) is 0 Å². The Labute approximate surface area is 171 Å². The summed E-state index contributed by atoms with van der Waals surface area (Å²) in [6, 6.07) is 12.3. The summed E-state index contributed by atoms with van der Waals surface area (Å²) in [5.41, 5.74) is 1.92. The lowest BCUT2D eigenvalue weighted by Gasteiger charge is -2.15. The summed E-state index contributed by atoms with van der Waals surface area (Å²) in [6.45, 7) is 1.83. The van der Waals surface area contributed by atoms with Crippen LogP contribution in [-0.2, 0) is 4.79 Å². The summed E-state index contributed by atoms with van der Waals surface area (Å²) in [6.07, 6.45) is 2.04. The van der Waals surface area contributed by atoms with Crippen molar-refractivity contribution in [3.8, 4) is 11.4 Å². The molecule has 0 radical (unpaired) electrons. The zero-order valence-electron chi connectivity index (χ0n) is 16.0. The molecule has 29 heavy (non-hydrogen) atoms. The monoisotopic (exact) mass is 412 g/mol. The molecule has 1 saturated carbocycles. The van der Waals surface area contributed by atoms with E-state index in [2.05, 4.69) is 10.3 Å². The summed E-state index contributed by atoms with van der Waals surface area (Å²) in [5, 5.41) is 14.4. The Kier molecular flexibility index (Phi) is 5.14. The molecular weight excluding hydrogens is 392 g/mol. The van der Waals surface area contributed by atoms with Crippen LogP contribution in [0.25, 0.3) is 16.7 Å². The van der Waals surface area contributed by atoms with Gasteiger partial charge in [0.1, 0.15) is 5.75 Å². The molecule has 1 aliphatic carbocycles. The van der Waals surface area contributed by atoms with Gasteiger partial charge in [0.25, 0.3) is 5.69 Å². The van der Waals surface area contributed by atoms with Crippen LogP contribution in [0, 0.1) is 10.1 Å². The van der Waals surface area contributed by atoms with Crippen molar-refractivity contribution in [3.63, 3.8) is 0 Å². The van der Waals surface area contributed by atoms with Gasteiger partial charge in [0.15, 0.2) is 5.16 Å². The fourth-order valence-corrected chi connectivity index (χ4v) is 3.99. The van der Waals surface area contributed by atoms with Gasteiger partial charge in [-0.05, 0) is 38.0 Å². The highest BCUT2D eigenvalue weighted by molar-refractivity contribution is 8.00. The van der Waals surface area contributed by atoms with E-state index in [9.17, 15) is 14.9 Å². The number of aromatic nitrogens is 2. The molecule has 1 aliphatic rings. The number of nitro groups is 1. The number of benzene rings is 2. The van der Waals surface area contributed by atoms with E-state index in [1.54, 1.807) is 13.2 Å². The number of amides is 1. The number of carbonyl (C=O) groups excluding carboxylic acids is 1. The normalized spacial score (nSPS) is 14.6. The molecule has 4 rings (SSSR count). The molecule has 8 nitrogen and oxygen atoms in total. The van der Waals surface area contributed by atoms with E-state index in [0.29, 0.717) is 21.9 Å². The van der Waals surface area contributed by atoms with Gasteiger partial charge in [-0.3, -0.25) is 19.5 Å². The molecule has 2 aromatic carbocycles. The van der Waals surface area contributed by atoms with Crippen LogP contribution < -0.4 is 10.1 Å². The lowest BCUT2D eigenvalue weighted by molar-refractivity contribution is -0.384. The first-order valence-corrected chi connectivity index (χ1v) is 10.1. The van der Waals surface area contributed by atoms with E-state index >= 15 is 0 Å². The van der Waals surface area contributed by atoms with E-state index in [0.717, 1.165) is 18.5 Å². The summed E-state index contributed by atoms with van der Waals surface area (Å²) >= 11 is 1.32. The number of imidazole rings is 1. The Morgan fingerprint density at radius 1 is 1.34 bits per heavy atom. The minimum Gasteiger partial charge on any atom is -0.495 e. The number of ether oxygens (including phenoxy) is 1. The topological polar surface area (TPSA) is 99.3 Å². The van der Waals surface area contributed by atoms with Crippen LogP contribution in [-0.4, -0.2) is 38.8 Å². The summed E-state index contributed by atoms with van der Waals surface area (Å²) in [5.74, 6) is 0.601. The maximum Gasteiger partial charge on any atom is 0.271 e. The van der Waals surface area contributed by atoms with Crippen LogP contribution in [0.5, 0.6) is 5.75 Å². The zero-order chi connectivity index (χ0) is 20.5. The smallest absolute Gasteiger partial charge is 0.271 e. The molecule has 0 aliphatic heterocycles. The van der Waals surface area contributed by atoms with Crippen LogP contribution >= 0.6 is 11.8 Å². The lowest BCUT2D eigenvalue weighted by Crippen LogP contribution is -2.32. The first-order chi connectivity index (χ1) is 14.0. The number of methoxy groups -OCH3 is 1. The predicted octanol–water partition coefficient (Wildman–Crippen LogP) is 3.70. The maximum atomic E-state index is 12.4. The van der Waals surface area contributed by atoms with Crippen LogP contribution in [0.2, 0.25) is 0 Å². The minimum atomic E-state index is -0.444. The third-order valence-electron chi connectivity index (χ3n) is 4.72. The van der Waals surface area contributed by atoms with Crippen LogP contribution in [0.3, 0.4) is 0 Å². The number of carbonyl (C=O) groups is 1. The molecular formula is C20H20N4O4S. The number of hydrogen-bond donors (Lipinski definition) is 1. The molecule has 1 atom stereocenters. The molecule has 1 heterocycles.